The molecule has 0 spiro atoms. The van der Waals surface area contributed by atoms with Crippen LogP contribution in [0.4, 0.5) is 5.69 Å². The molecule has 0 atom stereocenters. The highest BCUT2D eigenvalue weighted by Crippen LogP contribution is 2.29. The van der Waals surface area contributed by atoms with Gasteiger partial charge in [-0.15, -0.1) is 0 Å². The summed E-state index contributed by atoms with van der Waals surface area (Å²) in [6, 6.07) is 9.45. The van der Waals surface area contributed by atoms with Crippen molar-refractivity contribution in [2.75, 3.05) is 12.4 Å². The molecule has 3 aromatic heterocycles. The fraction of sp³-hybridized carbons (Fsp3) is 0.238. The van der Waals surface area contributed by atoms with Crippen LogP contribution in [0.5, 0.6) is 0 Å². The molecule has 4 aromatic rings. The lowest BCUT2D eigenvalue weighted by Crippen LogP contribution is -2.13. The zero-order valence-electron chi connectivity index (χ0n) is 16.8. The molecule has 1 N–H and O–H groups in total. The minimum atomic E-state index is -0.221. The molecule has 1 aromatic carbocycles. The Morgan fingerprint density at radius 2 is 2.03 bits per heavy atom. The smallest absolute Gasteiger partial charge is 0.256 e. The third-order valence-corrected chi connectivity index (χ3v) is 4.88. The summed E-state index contributed by atoms with van der Waals surface area (Å²) in [6.45, 7) is 4.26. The van der Waals surface area contributed by atoms with Crippen molar-refractivity contribution in [1.29, 1.82) is 0 Å². The van der Waals surface area contributed by atoms with Gasteiger partial charge in [0.25, 0.3) is 5.91 Å². The molecule has 0 bridgehead atoms. The maximum atomic E-state index is 13.1. The van der Waals surface area contributed by atoms with Crippen LogP contribution in [0.1, 0.15) is 21.7 Å². The van der Waals surface area contributed by atoms with Crippen LogP contribution >= 0.6 is 0 Å². The van der Waals surface area contributed by atoms with E-state index in [2.05, 4.69) is 15.5 Å². The monoisotopic (exact) mass is 390 g/mol. The van der Waals surface area contributed by atoms with E-state index in [0.717, 1.165) is 33.5 Å². The number of carbonyl (C=O) groups excluding carboxylic acids is 1. The minimum Gasteiger partial charge on any atom is -0.362 e. The van der Waals surface area contributed by atoms with E-state index in [-0.39, 0.29) is 5.91 Å². The second-order valence-electron chi connectivity index (χ2n) is 6.88. The molecule has 0 fully saturated rings. The first kappa shape index (κ1) is 18.8. The fourth-order valence-corrected chi connectivity index (χ4v) is 3.47. The Morgan fingerprint density at radius 3 is 2.76 bits per heavy atom. The number of rotatable bonds is 5. The van der Waals surface area contributed by atoms with Crippen LogP contribution in [0, 0.1) is 13.8 Å². The number of para-hydroxylation sites is 1. The molecule has 148 valence electrons. The normalized spacial score (nSPS) is 11.2. The van der Waals surface area contributed by atoms with Crippen LogP contribution < -0.4 is 5.32 Å². The molecule has 0 aliphatic heterocycles. The number of nitrogens with zero attached hydrogens (tertiary/aromatic N) is 5. The van der Waals surface area contributed by atoms with Crippen molar-refractivity contribution in [3.8, 4) is 11.3 Å². The molecule has 0 saturated carbocycles. The van der Waals surface area contributed by atoms with E-state index in [1.807, 2.05) is 55.9 Å². The Bertz CT molecular complexity index is 1210. The number of amides is 1. The van der Waals surface area contributed by atoms with E-state index in [1.165, 1.54) is 0 Å². The first-order chi connectivity index (χ1) is 14.0. The van der Waals surface area contributed by atoms with Gasteiger partial charge in [-0.25, -0.2) is 9.67 Å². The van der Waals surface area contributed by atoms with Gasteiger partial charge in [0, 0.05) is 30.8 Å². The third kappa shape index (κ3) is 3.50. The molecule has 0 aliphatic carbocycles. The van der Waals surface area contributed by atoms with Crippen LogP contribution in [0.25, 0.3) is 22.2 Å². The Kier molecular flexibility index (Phi) is 4.85. The van der Waals surface area contributed by atoms with Gasteiger partial charge < -0.3 is 10.1 Å². The zero-order chi connectivity index (χ0) is 20.5. The SMILES string of the molecule is COCn1cc(NC(=O)c2cc(-c3c(C)nn(C)c3C)nc3ccccc23)cn1. The van der Waals surface area contributed by atoms with Crippen LogP contribution in [-0.2, 0) is 18.5 Å². The highest BCUT2D eigenvalue weighted by Gasteiger charge is 2.18. The van der Waals surface area contributed by atoms with Gasteiger partial charge in [0.2, 0.25) is 0 Å². The summed E-state index contributed by atoms with van der Waals surface area (Å²) in [6.07, 6.45) is 3.32. The lowest BCUT2D eigenvalue weighted by Gasteiger charge is -2.10. The van der Waals surface area contributed by atoms with Crippen molar-refractivity contribution in [3.05, 3.63) is 59.7 Å². The highest BCUT2D eigenvalue weighted by molar-refractivity contribution is 6.13. The van der Waals surface area contributed by atoms with Crippen molar-refractivity contribution in [3.63, 3.8) is 0 Å². The van der Waals surface area contributed by atoms with E-state index in [9.17, 15) is 4.79 Å². The van der Waals surface area contributed by atoms with Gasteiger partial charge >= 0.3 is 0 Å². The van der Waals surface area contributed by atoms with E-state index >= 15 is 0 Å². The number of nitrogens with one attached hydrogen (secondary N) is 1. The molecular formula is C21H22N6O2. The molecule has 29 heavy (non-hydrogen) atoms. The number of anilines is 1. The maximum absolute atomic E-state index is 13.1. The summed E-state index contributed by atoms with van der Waals surface area (Å²) in [5, 5.41) is 12.3. The number of aryl methyl sites for hydroxylation is 2. The van der Waals surface area contributed by atoms with Gasteiger partial charge in [0.15, 0.2) is 0 Å². The molecule has 8 nitrogen and oxygen atoms in total. The van der Waals surface area contributed by atoms with Crippen molar-refractivity contribution in [2.45, 2.75) is 20.6 Å². The van der Waals surface area contributed by atoms with E-state index in [4.69, 9.17) is 9.72 Å². The molecule has 0 aliphatic rings. The number of hydrogen-bond donors (Lipinski definition) is 1. The summed E-state index contributed by atoms with van der Waals surface area (Å²) < 4.78 is 8.48. The third-order valence-electron chi connectivity index (χ3n) is 4.88. The topological polar surface area (TPSA) is 86.9 Å². The average Bonchev–Trinajstić information content (AvgIpc) is 3.24. The lowest BCUT2D eigenvalue weighted by atomic mass is 10.0. The number of hydrogen-bond acceptors (Lipinski definition) is 5. The summed E-state index contributed by atoms with van der Waals surface area (Å²) in [7, 11) is 3.49. The minimum absolute atomic E-state index is 0.221. The first-order valence-electron chi connectivity index (χ1n) is 9.21. The van der Waals surface area contributed by atoms with Crippen molar-refractivity contribution < 1.29 is 9.53 Å². The van der Waals surface area contributed by atoms with Gasteiger partial charge in [0.1, 0.15) is 6.73 Å². The van der Waals surface area contributed by atoms with Crippen LogP contribution in [0.3, 0.4) is 0 Å². The molecule has 8 heteroatoms. The fourth-order valence-electron chi connectivity index (χ4n) is 3.47. The molecule has 4 rings (SSSR count). The number of ether oxygens (including phenoxy) is 1. The average molecular weight is 390 g/mol. The van der Waals surface area contributed by atoms with Crippen LogP contribution in [0.2, 0.25) is 0 Å². The molecule has 1 amide bonds. The lowest BCUT2D eigenvalue weighted by molar-refractivity contribution is 0.102. The second-order valence-corrected chi connectivity index (χ2v) is 6.88. The number of fused-ring (bicyclic) bond motifs is 1. The largest absolute Gasteiger partial charge is 0.362 e. The van der Waals surface area contributed by atoms with Gasteiger partial charge in [-0.1, -0.05) is 18.2 Å². The van der Waals surface area contributed by atoms with E-state index < -0.39 is 0 Å². The maximum Gasteiger partial charge on any atom is 0.256 e. The second kappa shape index (κ2) is 7.48. The summed E-state index contributed by atoms with van der Waals surface area (Å²) >= 11 is 0. The Hall–Kier alpha value is -3.52. The van der Waals surface area contributed by atoms with Gasteiger partial charge in [-0.2, -0.15) is 10.2 Å². The van der Waals surface area contributed by atoms with Crippen LogP contribution in [0.15, 0.2) is 42.7 Å². The predicted octanol–water partition coefficient (Wildman–Crippen LogP) is 3.30. The molecule has 0 unspecified atom stereocenters. The van der Waals surface area contributed by atoms with Crippen LogP contribution in [-0.4, -0.2) is 37.6 Å². The van der Waals surface area contributed by atoms with Crippen molar-refractivity contribution in [1.82, 2.24) is 24.5 Å². The van der Waals surface area contributed by atoms with E-state index in [0.29, 0.717) is 18.0 Å². The van der Waals surface area contributed by atoms with Gasteiger partial charge in [-0.05, 0) is 26.0 Å². The summed E-state index contributed by atoms with van der Waals surface area (Å²) in [4.78, 5) is 17.9. The number of carbonyl (C=O) groups is 1. The highest BCUT2D eigenvalue weighted by atomic mass is 16.5. The molecule has 3 heterocycles. The zero-order valence-corrected chi connectivity index (χ0v) is 16.8. The Morgan fingerprint density at radius 1 is 1.24 bits per heavy atom. The summed E-state index contributed by atoms with van der Waals surface area (Å²) in [5.74, 6) is -0.221. The molecule has 0 radical (unpaired) electrons. The number of methoxy groups -OCH3 is 1. The number of pyridine rings is 1. The van der Waals surface area contributed by atoms with Crippen molar-refractivity contribution in [2.24, 2.45) is 7.05 Å². The number of benzene rings is 1. The van der Waals surface area contributed by atoms with E-state index in [1.54, 1.807) is 24.2 Å². The standard InChI is InChI=1S/C21H22N6O2/c1-13-20(14(2)26(3)25-13)19-9-17(16-7-5-6-8-18(16)24-19)21(28)23-15-10-22-27(11-15)12-29-4/h5-11H,12H2,1-4H3,(H,23,28). The quantitative estimate of drug-likeness (QED) is 0.565. The Labute approximate surface area is 168 Å². The molecule has 0 saturated heterocycles. The number of aromatic nitrogens is 5. The first-order valence-corrected chi connectivity index (χ1v) is 9.21. The van der Waals surface area contributed by atoms with Crippen molar-refractivity contribution >= 4 is 22.5 Å². The predicted molar refractivity (Wildman–Crippen MR) is 111 cm³/mol. The van der Waals surface area contributed by atoms with Gasteiger partial charge in [0.05, 0.1) is 40.5 Å². The van der Waals surface area contributed by atoms with Gasteiger partial charge in [-0.3, -0.25) is 9.48 Å². The summed E-state index contributed by atoms with van der Waals surface area (Å²) in [5.41, 5.74) is 5.45. The molecular weight excluding hydrogens is 368 g/mol. The Balaban J connectivity index is 1.79.